The fourth-order valence-electron chi connectivity index (χ4n) is 1.06. The molecule has 1 nitrogen and oxygen atoms in total. The molecule has 0 spiro atoms. The molecule has 0 aliphatic rings. The number of alkyl halides is 1. The molecule has 0 bridgehead atoms. The van der Waals surface area contributed by atoms with Crippen molar-refractivity contribution >= 4 is 34.8 Å². The first kappa shape index (κ1) is 12.1. The van der Waals surface area contributed by atoms with Crippen LogP contribution in [-0.4, -0.2) is 11.9 Å². The van der Waals surface area contributed by atoms with Crippen molar-refractivity contribution in [2.45, 2.75) is 18.8 Å². The molecule has 0 radical (unpaired) electrons. The number of nitrogens with one attached hydrogen (secondary N) is 1. The van der Waals surface area contributed by atoms with Gasteiger partial charge < -0.3 is 5.32 Å². The Balaban J connectivity index is 2.47. The van der Waals surface area contributed by atoms with E-state index in [2.05, 4.69) is 5.32 Å². The van der Waals surface area contributed by atoms with Crippen LogP contribution in [0.2, 0.25) is 10.0 Å². The minimum absolute atomic E-state index is 0.137. The van der Waals surface area contributed by atoms with Crippen LogP contribution in [0.5, 0.6) is 0 Å². The SMILES string of the molecule is CC(Cl)CNCc1ccc(Cl)c(Cl)c1. The van der Waals surface area contributed by atoms with Crippen LogP contribution < -0.4 is 5.32 Å². The molecule has 1 aromatic rings. The predicted molar refractivity (Wildman–Crippen MR) is 63.5 cm³/mol. The predicted octanol–water partition coefficient (Wildman–Crippen LogP) is 3.71. The molecule has 1 N–H and O–H groups in total. The highest BCUT2D eigenvalue weighted by Gasteiger charge is 2.00. The van der Waals surface area contributed by atoms with E-state index in [4.69, 9.17) is 34.8 Å². The van der Waals surface area contributed by atoms with E-state index < -0.39 is 0 Å². The second kappa shape index (κ2) is 5.82. The summed E-state index contributed by atoms with van der Waals surface area (Å²) >= 11 is 17.5. The van der Waals surface area contributed by atoms with Crippen molar-refractivity contribution in [3.8, 4) is 0 Å². The standard InChI is InChI=1S/C10H12Cl3N/c1-7(11)5-14-6-8-2-3-9(12)10(13)4-8/h2-4,7,14H,5-6H2,1H3. The van der Waals surface area contributed by atoms with E-state index in [1.807, 2.05) is 19.1 Å². The van der Waals surface area contributed by atoms with Crippen LogP contribution in [-0.2, 0) is 6.54 Å². The Morgan fingerprint density at radius 3 is 2.57 bits per heavy atom. The summed E-state index contributed by atoms with van der Waals surface area (Å²) < 4.78 is 0. The maximum Gasteiger partial charge on any atom is 0.0595 e. The first-order valence-electron chi connectivity index (χ1n) is 4.38. The van der Waals surface area contributed by atoms with Gasteiger partial charge >= 0.3 is 0 Å². The molecule has 1 unspecified atom stereocenters. The van der Waals surface area contributed by atoms with Crippen LogP contribution in [0.4, 0.5) is 0 Å². The molecule has 0 aliphatic heterocycles. The fraction of sp³-hybridized carbons (Fsp3) is 0.400. The molecule has 1 aromatic carbocycles. The average Bonchev–Trinajstić information content (AvgIpc) is 2.10. The molecule has 4 heteroatoms. The Morgan fingerprint density at radius 1 is 1.29 bits per heavy atom. The summed E-state index contributed by atoms with van der Waals surface area (Å²) in [5.41, 5.74) is 1.11. The quantitative estimate of drug-likeness (QED) is 0.806. The summed E-state index contributed by atoms with van der Waals surface area (Å²) in [6.07, 6.45) is 0. The zero-order chi connectivity index (χ0) is 10.6. The highest BCUT2D eigenvalue weighted by Crippen LogP contribution is 2.22. The van der Waals surface area contributed by atoms with Crippen LogP contribution in [0.25, 0.3) is 0 Å². The van der Waals surface area contributed by atoms with Gasteiger partial charge in [-0.05, 0) is 24.6 Å². The number of benzene rings is 1. The first-order valence-corrected chi connectivity index (χ1v) is 5.57. The Labute approximate surface area is 99.4 Å². The molecule has 1 atom stereocenters. The molecule has 14 heavy (non-hydrogen) atoms. The molecular weight excluding hydrogens is 240 g/mol. The number of halogens is 3. The number of hydrogen-bond acceptors (Lipinski definition) is 1. The summed E-state index contributed by atoms with van der Waals surface area (Å²) in [7, 11) is 0. The van der Waals surface area contributed by atoms with Gasteiger partial charge in [0.1, 0.15) is 0 Å². The monoisotopic (exact) mass is 251 g/mol. The van der Waals surface area contributed by atoms with Crippen molar-refractivity contribution in [3.63, 3.8) is 0 Å². The summed E-state index contributed by atoms with van der Waals surface area (Å²) in [6, 6.07) is 5.60. The van der Waals surface area contributed by atoms with Gasteiger partial charge in [0, 0.05) is 18.5 Å². The van der Waals surface area contributed by atoms with Crippen molar-refractivity contribution in [1.29, 1.82) is 0 Å². The fourth-order valence-corrected chi connectivity index (χ4v) is 1.49. The maximum absolute atomic E-state index is 5.87. The summed E-state index contributed by atoms with van der Waals surface area (Å²) in [6.45, 7) is 3.49. The molecular formula is C10H12Cl3N. The molecule has 1 rings (SSSR count). The summed E-state index contributed by atoms with van der Waals surface area (Å²) in [5, 5.41) is 4.52. The van der Waals surface area contributed by atoms with Crippen molar-refractivity contribution in [2.75, 3.05) is 6.54 Å². The lowest BCUT2D eigenvalue weighted by atomic mass is 10.2. The molecule has 0 saturated heterocycles. The Morgan fingerprint density at radius 2 is 2.00 bits per heavy atom. The van der Waals surface area contributed by atoms with E-state index in [0.717, 1.165) is 18.7 Å². The molecule has 0 fully saturated rings. The van der Waals surface area contributed by atoms with Crippen molar-refractivity contribution in [2.24, 2.45) is 0 Å². The highest BCUT2D eigenvalue weighted by molar-refractivity contribution is 6.42. The normalized spacial score (nSPS) is 12.9. The van der Waals surface area contributed by atoms with Crippen molar-refractivity contribution in [1.82, 2.24) is 5.32 Å². The van der Waals surface area contributed by atoms with Crippen molar-refractivity contribution in [3.05, 3.63) is 33.8 Å². The van der Waals surface area contributed by atoms with E-state index in [1.165, 1.54) is 0 Å². The Hall–Kier alpha value is 0.0500. The minimum Gasteiger partial charge on any atom is -0.311 e. The van der Waals surface area contributed by atoms with Crippen molar-refractivity contribution < 1.29 is 0 Å². The van der Waals surface area contributed by atoms with Crippen LogP contribution >= 0.6 is 34.8 Å². The van der Waals surface area contributed by atoms with Gasteiger partial charge in [-0.3, -0.25) is 0 Å². The van der Waals surface area contributed by atoms with Gasteiger partial charge in [-0.1, -0.05) is 29.3 Å². The van der Waals surface area contributed by atoms with E-state index in [1.54, 1.807) is 6.07 Å². The van der Waals surface area contributed by atoms with Gasteiger partial charge in [0.05, 0.1) is 10.0 Å². The van der Waals surface area contributed by atoms with E-state index in [0.29, 0.717) is 10.0 Å². The third-order valence-electron chi connectivity index (χ3n) is 1.74. The second-order valence-electron chi connectivity index (χ2n) is 3.16. The third-order valence-corrected chi connectivity index (χ3v) is 2.63. The molecule has 0 heterocycles. The lowest BCUT2D eigenvalue weighted by Gasteiger charge is -2.06. The van der Waals surface area contributed by atoms with Gasteiger partial charge in [-0.25, -0.2) is 0 Å². The molecule has 78 valence electrons. The molecule has 0 amide bonds. The zero-order valence-corrected chi connectivity index (χ0v) is 10.1. The van der Waals surface area contributed by atoms with Crippen LogP contribution in [0.3, 0.4) is 0 Å². The largest absolute Gasteiger partial charge is 0.311 e. The molecule has 0 aromatic heterocycles. The van der Waals surface area contributed by atoms with Crippen LogP contribution in [0.15, 0.2) is 18.2 Å². The van der Waals surface area contributed by atoms with Gasteiger partial charge in [0.15, 0.2) is 0 Å². The van der Waals surface area contributed by atoms with Gasteiger partial charge in [0.25, 0.3) is 0 Å². The van der Waals surface area contributed by atoms with Gasteiger partial charge in [-0.15, -0.1) is 11.6 Å². The van der Waals surface area contributed by atoms with E-state index in [9.17, 15) is 0 Å². The summed E-state index contributed by atoms with van der Waals surface area (Å²) in [4.78, 5) is 0. The Kier molecular flexibility index (Phi) is 5.04. The average molecular weight is 253 g/mol. The first-order chi connectivity index (χ1) is 6.59. The third kappa shape index (κ3) is 4.05. The molecule has 0 saturated carbocycles. The van der Waals surface area contributed by atoms with Gasteiger partial charge in [-0.2, -0.15) is 0 Å². The molecule has 0 aliphatic carbocycles. The second-order valence-corrected chi connectivity index (χ2v) is 4.72. The maximum atomic E-state index is 5.87. The van der Waals surface area contributed by atoms with E-state index in [-0.39, 0.29) is 5.38 Å². The summed E-state index contributed by atoms with van der Waals surface area (Å²) in [5.74, 6) is 0. The minimum atomic E-state index is 0.137. The zero-order valence-electron chi connectivity index (χ0n) is 7.86. The lowest BCUT2D eigenvalue weighted by molar-refractivity contribution is 0.680. The highest BCUT2D eigenvalue weighted by atomic mass is 35.5. The topological polar surface area (TPSA) is 12.0 Å². The lowest BCUT2D eigenvalue weighted by Crippen LogP contribution is -2.20. The number of rotatable bonds is 4. The van der Waals surface area contributed by atoms with Crippen LogP contribution in [0.1, 0.15) is 12.5 Å². The smallest absolute Gasteiger partial charge is 0.0595 e. The Bertz CT molecular complexity index is 299. The van der Waals surface area contributed by atoms with E-state index >= 15 is 0 Å². The van der Waals surface area contributed by atoms with Gasteiger partial charge in [0.2, 0.25) is 0 Å². The number of hydrogen-bond donors (Lipinski definition) is 1. The van der Waals surface area contributed by atoms with Crippen LogP contribution in [0, 0.1) is 0 Å².